The van der Waals surface area contributed by atoms with Crippen molar-refractivity contribution in [3.63, 3.8) is 0 Å². The first-order valence-electron chi connectivity index (χ1n) is 5.87. The number of ketones is 1. The molecule has 0 aromatic heterocycles. The Kier molecular flexibility index (Phi) is 4.25. The average molecular weight is 286 g/mol. The van der Waals surface area contributed by atoms with Crippen LogP contribution in [0.15, 0.2) is 18.2 Å². The van der Waals surface area contributed by atoms with Crippen molar-refractivity contribution in [3.8, 4) is 0 Å². The summed E-state index contributed by atoms with van der Waals surface area (Å²) in [6.07, 6.45) is 2.69. The topological polar surface area (TPSA) is 37.4 Å². The van der Waals surface area contributed by atoms with E-state index in [2.05, 4.69) is 0 Å². The number of hydrogen-bond donors (Lipinski definition) is 0. The van der Waals surface area contributed by atoms with Crippen molar-refractivity contribution in [1.82, 2.24) is 0 Å². The second-order valence-electron chi connectivity index (χ2n) is 4.20. The zero-order chi connectivity index (χ0) is 13.1. The van der Waals surface area contributed by atoms with Gasteiger partial charge in [-0.15, -0.1) is 11.6 Å². The highest BCUT2D eigenvalue weighted by molar-refractivity contribution is 6.52. The van der Waals surface area contributed by atoms with Gasteiger partial charge in [0, 0.05) is 17.4 Å². The van der Waals surface area contributed by atoms with Gasteiger partial charge >= 0.3 is 0 Å². The lowest BCUT2D eigenvalue weighted by atomic mass is 10.1. The molecule has 0 saturated carbocycles. The van der Waals surface area contributed by atoms with Crippen molar-refractivity contribution >= 4 is 40.6 Å². The van der Waals surface area contributed by atoms with Gasteiger partial charge in [-0.05, 0) is 31.0 Å². The Balaban J connectivity index is 2.14. The number of Topliss-reactive ketones (excluding diaryl/α,β-unsaturated/α-hetero) is 1. The molecule has 0 bridgehead atoms. The van der Waals surface area contributed by atoms with Gasteiger partial charge in [-0.25, -0.2) is 0 Å². The third-order valence-corrected chi connectivity index (χ3v) is 3.45. The molecular weight excluding hydrogens is 273 g/mol. The largest absolute Gasteiger partial charge is 0.305 e. The fraction of sp³-hybridized carbons (Fsp3) is 0.385. The van der Waals surface area contributed by atoms with Crippen LogP contribution in [0.5, 0.6) is 0 Å². The van der Waals surface area contributed by atoms with E-state index in [1.54, 1.807) is 18.2 Å². The normalized spacial score (nSPS) is 14.2. The quantitative estimate of drug-likeness (QED) is 0.473. The van der Waals surface area contributed by atoms with E-state index in [0.29, 0.717) is 28.7 Å². The molecule has 0 spiro atoms. The number of carbonyl (C=O) groups excluding carboxylic acids is 2. The summed E-state index contributed by atoms with van der Waals surface area (Å²) in [5.74, 6) is -0.285. The summed E-state index contributed by atoms with van der Waals surface area (Å²) >= 11 is 11.5. The Hall–Kier alpha value is -1.06. The Morgan fingerprint density at radius 1 is 1.11 bits per heavy atom. The lowest BCUT2D eigenvalue weighted by molar-refractivity contribution is -0.114. The van der Waals surface area contributed by atoms with E-state index in [0.717, 1.165) is 19.3 Å². The molecule has 96 valence electrons. The molecule has 1 heterocycles. The van der Waals surface area contributed by atoms with E-state index in [1.165, 1.54) is 4.90 Å². The molecule has 0 atom stereocenters. The van der Waals surface area contributed by atoms with Crippen molar-refractivity contribution in [3.05, 3.63) is 28.8 Å². The van der Waals surface area contributed by atoms with Crippen LogP contribution in [-0.2, 0) is 4.79 Å². The summed E-state index contributed by atoms with van der Waals surface area (Å²) in [5, 5.41) is 0.530. The third kappa shape index (κ3) is 2.52. The van der Waals surface area contributed by atoms with E-state index in [4.69, 9.17) is 23.2 Å². The van der Waals surface area contributed by atoms with E-state index in [1.807, 2.05) is 0 Å². The van der Waals surface area contributed by atoms with Crippen LogP contribution in [0, 0.1) is 0 Å². The van der Waals surface area contributed by atoms with Crippen LogP contribution >= 0.6 is 23.2 Å². The number of amides is 1. The molecule has 0 unspecified atom stereocenters. The molecule has 1 aliphatic heterocycles. The Bertz CT molecular complexity index is 488. The fourth-order valence-electron chi connectivity index (χ4n) is 2.03. The van der Waals surface area contributed by atoms with Crippen LogP contribution < -0.4 is 4.90 Å². The predicted molar refractivity (Wildman–Crippen MR) is 72.7 cm³/mol. The van der Waals surface area contributed by atoms with Gasteiger partial charge in [-0.3, -0.25) is 9.59 Å². The molecule has 5 heteroatoms. The zero-order valence-electron chi connectivity index (χ0n) is 9.79. The van der Waals surface area contributed by atoms with E-state index in [9.17, 15) is 9.59 Å². The molecule has 0 aliphatic carbocycles. The monoisotopic (exact) mass is 285 g/mol. The van der Waals surface area contributed by atoms with Gasteiger partial charge in [-0.1, -0.05) is 18.0 Å². The summed E-state index contributed by atoms with van der Waals surface area (Å²) in [5.41, 5.74) is 1.07. The lowest BCUT2D eigenvalue weighted by Gasteiger charge is -2.16. The summed E-state index contributed by atoms with van der Waals surface area (Å²) < 4.78 is 0. The van der Waals surface area contributed by atoms with Crippen molar-refractivity contribution in [2.24, 2.45) is 0 Å². The Labute approximate surface area is 116 Å². The maximum Gasteiger partial charge on any atom is 0.299 e. The number of carbonyl (C=O) groups is 2. The summed E-state index contributed by atoms with van der Waals surface area (Å²) in [6, 6.07) is 4.90. The van der Waals surface area contributed by atoms with E-state index >= 15 is 0 Å². The molecule has 0 N–H and O–H groups in total. The van der Waals surface area contributed by atoms with Gasteiger partial charge in [0.25, 0.3) is 11.7 Å². The summed E-state index contributed by atoms with van der Waals surface area (Å²) in [6.45, 7) is 0.537. The number of fused-ring (bicyclic) bond motifs is 1. The highest BCUT2D eigenvalue weighted by Gasteiger charge is 2.35. The second kappa shape index (κ2) is 5.72. The second-order valence-corrected chi connectivity index (χ2v) is 5.01. The molecule has 1 aromatic carbocycles. The molecule has 0 radical (unpaired) electrons. The van der Waals surface area contributed by atoms with E-state index in [-0.39, 0.29) is 0 Å². The van der Waals surface area contributed by atoms with Gasteiger partial charge < -0.3 is 4.90 Å². The molecular formula is C13H13Cl2NO2. The minimum absolute atomic E-state index is 0.445. The standard InChI is InChI=1S/C13H13Cl2NO2/c14-6-2-1-3-7-16-11-8-9(15)4-5-10(11)12(17)13(16)18/h4-5,8H,1-3,6-7H2. The maximum atomic E-state index is 11.8. The first-order chi connectivity index (χ1) is 8.65. The number of alkyl halides is 1. The molecule has 1 aromatic rings. The van der Waals surface area contributed by atoms with Crippen LogP contribution in [0.1, 0.15) is 29.6 Å². The number of unbranched alkanes of at least 4 members (excludes halogenated alkanes) is 2. The number of benzene rings is 1. The molecule has 1 amide bonds. The number of halogens is 2. The highest BCUT2D eigenvalue weighted by Crippen LogP contribution is 2.31. The number of rotatable bonds is 5. The van der Waals surface area contributed by atoms with Crippen molar-refractivity contribution < 1.29 is 9.59 Å². The van der Waals surface area contributed by atoms with Gasteiger partial charge in [0.2, 0.25) is 0 Å². The van der Waals surface area contributed by atoms with Crippen LogP contribution in [0.4, 0.5) is 5.69 Å². The first-order valence-corrected chi connectivity index (χ1v) is 6.78. The highest BCUT2D eigenvalue weighted by atomic mass is 35.5. The van der Waals surface area contributed by atoms with Gasteiger partial charge in [-0.2, -0.15) is 0 Å². The first kappa shape index (κ1) is 13.4. The molecule has 0 saturated heterocycles. The average Bonchev–Trinajstić information content (AvgIpc) is 2.59. The summed E-state index contributed by atoms with van der Waals surface area (Å²) in [7, 11) is 0. The smallest absolute Gasteiger partial charge is 0.299 e. The predicted octanol–water partition coefficient (Wildman–Crippen LogP) is 3.28. The molecule has 0 fully saturated rings. The minimum atomic E-state index is -0.460. The fourth-order valence-corrected chi connectivity index (χ4v) is 2.39. The van der Waals surface area contributed by atoms with Gasteiger partial charge in [0.05, 0.1) is 11.3 Å². The van der Waals surface area contributed by atoms with Crippen LogP contribution in [0.25, 0.3) is 0 Å². The lowest BCUT2D eigenvalue weighted by Crippen LogP contribution is -2.30. The molecule has 18 heavy (non-hydrogen) atoms. The molecule has 3 nitrogen and oxygen atoms in total. The van der Waals surface area contributed by atoms with Crippen LogP contribution in [0.3, 0.4) is 0 Å². The van der Waals surface area contributed by atoms with Crippen LogP contribution in [-0.4, -0.2) is 24.1 Å². The number of nitrogens with zero attached hydrogens (tertiary/aromatic N) is 1. The zero-order valence-corrected chi connectivity index (χ0v) is 11.3. The number of hydrogen-bond acceptors (Lipinski definition) is 2. The SMILES string of the molecule is O=C1C(=O)N(CCCCCCl)c2cc(Cl)ccc21. The van der Waals surface area contributed by atoms with Gasteiger partial charge in [0.1, 0.15) is 0 Å². The molecule has 2 rings (SSSR count). The van der Waals surface area contributed by atoms with Crippen molar-refractivity contribution in [2.45, 2.75) is 19.3 Å². The third-order valence-electron chi connectivity index (χ3n) is 2.95. The maximum absolute atomic E-state index is 11.8. The number of anilines is 1. The molecule has 1 aliphatic rings. The summed E-state index contributed by atoms with van der Waals surface area (Å²) in [4.78, 5) is 25.1. The minimum Gasteiger partial charge on any atom is -0.305 e. The Morgan fingerprint density at radius 2 is 1.89 bits per heavy atom. The Morgan fingerprint density at radius 3 is 2.61 bits per heavy atom. The van der Waals surface area contributed by atoms with E-state index < -0.39 is 11.7 Å². The van der Waals surface area contributed by atoms with Crippen LogP contribution in [0.2, 0.25) is 5.02 Å². The van der Waals surface area contributed by atoms with Crippen molar-refractivity contribution in [1.29, 1.82) is 0 Å². The van der Waals surface area contributed by atoms with Gasteiger partial charge in [0.15, 0.2) is 0 Å². The van der Waals surface area contributed by atoms with Crippen molar-refractivity contribution in [2.75, 3.05) is 17.3 Å².